The fourth-order valence-corrected chi connectivity index (χ4v) is 1.81. The fraction of sp³-hybridized carbons (Fsp3) is 0.167. The smallest absolute Gasteiger partial charge is 0.242 e. The van der Waals surface area contributed by atoms with Gasteiger partial charge in [0.05, 0.1) is 5.02 Å². The minimum Gasteiger partial charge on any atom is -0.436 e. The average molecular weight is 304 g/mol. The maximum absolute atomic E-state index is 6.01. The van der Waals surface area contributed by atoms with Crippen molar-refractivity contribution in [3.63, 3.8) is 0 Å². The predicted molar refractivity (Wildman–Crippen MR) is 73.1 cm³/mol. The predicted octanol–water partition coefficient (Wildman–Crippen LogP) is 4.85. The van der Waals surface area contributed by atoms with Crippen LogP contribution in [0.5, 0.6) is 11.6 Å². The molecule has 0 atom stereocenters. The Morgan fingerprint density at radius 1 is 1.00 bits per heavy atom. The highest BCUT2D eigenvalue weighted by Crippen LogP contribution is 2.33. The van der Waals surface area contributed by atoms with Crippen molar-refractivity contribution in [1.82, 2.24) is 10.2 Å². The highest BCUT2D eigenvalue weighted by molar-refractivity contribution is 6.34. The molecule has 2 rings (SSSR count). The zero-order valence-electron chi connectivity index (χ0n) is 9.67. The van der Waals surface area contributed by atoms with E-state index in [4.69, 9.17) is 39.5 Å². The number of aromatic nitrogens is 2. The number of nitrogens with zero attached hydrogens (tertiary/aromatic N) is 2. The molecule has 0 aliphatic heterocycles. The van der Waals surface area contributed by atoms with E-state index in [1.165, 1.54) is 0 Å². The van der Waals surface area contributed by atoms with Gasteiger partial charge in [-0.1, -0.05) is 34.8 Å². The summed E-state index contributed by atoms with van der Waals surface area (Å²) < 4.78 is 5.61. The number of ether oxygens (including phenoxy) is 1. The molecule has 2 aromatic rings. The maximum atomic E-state index is 6.01. The Bertz CT molecular complexity index is 602. The van der Waals surface area contributed by atoms with Gasteiger partial charge in [0.15, 0.2) is 5.15 Å². The quantitative estimate of drug-likeness (QED) is 0.795. The molecule has 0 radical (unpaired) electrons. The van der Waals surface area contributed by atoms with E-state index in [1.54, 1.807) is 18.2 Å². The lowest BCUT2D eigenvalue weighted by atomic mass is 10.2. The molecule has 18 heavy (non-hydrogen) atoms. The standard InChI is InChI=1S/C12H9Cl3N2O/c1-6-7(2)12(17-16-11(6)15)18-10-5-8(13)3-4-9(10)14/h3-5H,1-2H3. The molecule has 0 aliphatic carbocycles. The molecule has 0 N–H and O–H groups in total. The fourth-order valence-electron chi connectivity index (χ4n) is 1.31. The van der Waals surface area contributed by atoms with Gasteiger partial charge in [-0.15, -0.1) is 10.2 Å². The zero-order chi connectivity index (χ0) is 13.3. The summed E-state index contributed by atoms with van der Waals surface area (Å²) in [7, 11) is 0. The van der Waals surface area contributed by atoms with E-state index in [2.05, 4.69) is 10.2 Å². The molecule has 0 aliphatic rings. The van der Waals surface area contributed by atoms with E-state index < -0.39 is 0 Å². The first-order valence-corrected chi connectivity index (χ1v) is 6.24. The van der Waals surface area contributed by atoms with Gasteiger partial charge in [-0.2, -0.15) is 0 Å². The second-order valence-corrected chi connectivity index (χ2v) is 4.92. The van der Waals surface area contributed by atoms with Gasteiger partial charge in [-0.05, 0) is 31.5 Å². The summed E-state index contributed by atoms with van der Waals surface area (Å²) in [6.45, 7) is 3.70. The molecule has 0 spiro atoms. The van der Waals surface area contributed by atoms with E-state index in [1.807, 2.05) is 13.8 Å². The second kappa shape index (κ2) is 5.31. The molecule has 1 aromatic carbocycles. The van der Waals surface area contributed by atoms with E-state index in [0.717, 1.165) is 11.1 Å². The number of hydrogen-bond donors (Lipinski definition) is 0. The summed E-state index contributed by atoms with van der Waals surface area (Å²) >= 11 is 17.8. The molecule has 0 fully saturated rings. The van der Waals surface area contributed by atoms with Crippen molar-refractivity contribution in [3.8, 4) is 11.6 Å². The first kappa shape index (κ1) is 13.4. The minimum atomic E-state index is 0.358. The van der Waals surface area contributed by atoms with Crippen molar-refractivity contribution in [2.24, 2.45) is 0 Å². The van der Waals surface area contributed by atoms with Crippen LogP contribution in [0.2, 0.25) is 15.2 Å². The molecule has 1 aromatic heterocycles. The first-order valence-electron chi connectivity index (χ1n) is 5.11. The van der Waals surface area contributed by atoms with Crippen LogP contribution in [0.1, 0.15) is 11.1 Å². The molecule has 0 unspecified atom stereocenters. The van der Waals surface area contributed by atoms with Gasteiger partial charge in [0, 0.05) is 16.7 Å². The largest absolute Gasteiger partial charge is 0.436 e. The van der Waals surface area contributed by atoms with E-state index >= 15 is 0 Å². The number of hydrogen-bond acceptors (Lipinski definition) is 3. The zero-order valence-corrected chi connectivity index (χ0v) is 11.9. The Hall–Kier alpha value is -1.03. The topological polar surface area (TPSA) is 35.0 Å². The number of benzene rings is 1. The Morgan fingerprint density at radius 2 is 1.72 bits per heavy atom. The van der Waals surface area contributed by atoms with E-state index in [-0.39, 0.29) is 0 Å². The van der Waals surface area contributed by atoms with Crippen molar-refractivity contribution >= 4 is 34.8 Å². The van der Waals surface area contributed by atoms with Crippen LogP contribution in [0.3, 0.4) is 0 Å². The van der Waals surface area contributed by atoms with Gasteiger partial charge in [0.2, 0.25) is 5.88 Å². The third-order valence-electron chi connectivity index (χ3n) is 2.52. The Labute approximate surface area is 120 Å². The Morgan fingerprint density at radius 3 is 2.44 bits per heavy atom. The number of halogens is 3. The van der Waals surface area contributed by atoms with E-state index in [9.17, 15) is 0 Å². The summed E-state index contributed by atoms with van der Waals surface area (Å²) in [5.41, 5.74) is 1.63. The van der Waals surface area contributed by atoms with Gasteiger partial charge >= 0.3 is 0 Å². The van der Waals surface area contributed by atoms with Crippen molar-refractivity contribution in [1.29, 1.82) is 0 Å². The van der Waals surface area contributed by atoms with Crippen molar-refractivity contribution < 1.29 is 4.74 Å². The summed E-state index contributed by atoms with van der Waals surface area (Å²) in [5.74, 6) is 0.796. The lowest BCUT2D eigenvalue weighted by molar-refractivity contribution is 0.450. The lowest BCUT2D eigenvalue weighted by Gasteiger charge is -2.10. The lowest BCUT2D eigenvalue weighted by Crippen LogP contribution is -1.98. The van der Waals surface area contributed by atoms with Crippen LogP contribution < -0.4 is 4.74 Å². The summed E-state index contributed by atoms with van der Waals surface area (Å²) in [6.07, 6.45) is 0. The van der Waals surface area contributed by atoms with Crippen molar-refractivity contribution in [2.45, 2.75) is 13.8 Å². The minimum absolute atomic E-state index is 0.358. The third-order valence-corrected chi connectivity index (χ3v) is 3.43. The highest BCUT2D eigenvalue weighted by Gasteiger charge is 2.12. The summed E-state index contributed by atoms with van der Waals surface area (Å²) in [5, 5.41) is 9.04. The van der Waals surface area contributed by atoms with Gasteiger partial charge in [0.1, 0.15) is 5.75 Å². The second-order valence-electron chi connectivity index (χ2n) is 3.72. The van der Waals surface area contributed by atoms with Crippen molar-refractivity contribution in [2.75, 3.05) is 0 Å². The number of rotatable bonds is 2. The molecule has 0 bridgehead atoms. The van der Waals surface area contributed by atoms with Crippen molar-refractivity contribution in [3.05, 3.63) is 44.5 Å². The van der Waals surface area contributed by atoms with Crippen LogP contribution >= 0.6 is 34.8 Å². The molecule has 0 amide bonds. The molecule has 0 saturated carbocycles. The third kappa shape index (κ3) is 2.69. The SMILES string of the molecule is Cc1c(Cl)nnc(Oc2cc(Cl)ccc2Cl)c1C. The molecular weight excluding hydrogens is 295 g/mol. The van der Waals surface area contributed by atoms with Crippen LogP contribution in [-0.2, 0) is 0 Å². The average Bonchev–Trinajstić information content (AvgIpc) is 2.34. The van der Waals surface area contributed by atoms with Gasteiger partial charge in [-0.25, -0.2) is 0 Å². The van der Waals surface area contributed by atoms with Crippen LogP contribution in [-0.4, -0.2) is 10.2 Å². The molecule has 6 heteroatoms. The van der Waals surface area contributed by atoms with Gasteiger partial charge < -0.3 is 4.74 Å². The molecular formula is C12H9Cl3N2O. The van der Waals surface area contributed by atoms with E-state index in [0.29, 0.717) is 26.8 Å². The van der Waals surface area contributed by atoms with Crippen LogP contribution in [0, 0.1) is 13.8 Å². The molecule has 1 heterocycles. The maximum Gasteiger partial charge on any atom is 0.242 e. The molecule has 3 nitrogen and oxygen atoms in total. The van der Waals surface area contributed by atoms with Crippen LogP contribution in [0.15, 0.2) is 18.2 Å². The van der Waals surface area contributed by atoms with Gasteiger partial charge in [0.25, 0.3) is 0 Å². The summed E-state index contributed by atoms with van der Waals surface area (Å²) in [4.78, 5) is 0. The first-order chi connectivity index (χ1) is 8.49. The van der Waals surface area contributed by atoms with Gasteiger partial charge in [-0.3, -0.25) is 0 Å². The Balaban J connectivity index is 2.40. The Kier molecular flexibility index (Phi) is 3.95. The molecule has 0 saturated heterocycles. The monoisotopic (exact) mass is 302 g/mol. The van der Waals surface area contributed by atoms with Crippen LogP contribution in [0.25, 0.3) is 0 Å². The van der Waals surface area contributed by atoms with Crippen LogP contribution in [0.4, 0.5) is 0 Å². The normalized spacial score (nSPS) is 10.5. The summed E-state index contributed by atoms with van der Waals surface area (Å²) in [6, 6.07) is 4.96. The highest BCUT2D eigenvalue weighted by atomic mass is 35.5. The molecule has 94 valence electrons.